The average molecular weight is 266 g/mol. The second-order valence-corrected chi connectivity index (χ2v) is 5.81. The smallest absolute Gasteiger partial charge is 0.204 e. The van der Waals surface area contributed by atoms with Crippen LogP contribution < -0.4 is 10.2 Å². The largest absolute Gasteiger partial charge is 0.393 e. The van der Waals surface area contributed by atoms with Crippen LogP contribution in [0.3, 0.4) is 0 Å². The highest BCUT2D eigenvalue weighted by Crippen LogP contribution is 2.23. The van der Waals surface area contributed by atoms with Gasteiger partial charge in [0, 0.05) is 27.7 Å². The summed E-state index contributed by atoms with van der Waals surface area (Å²) >= 11 is 0. The van der Waals surface area contributed by atoms with Crippen LogP contribution in [0.5, 0.6) is 0 Å². The molecule has 1 heterocycles. The minimum Gasteiger partial charge on any atom is -0.393 e. The molecule has 5 nitrogen and oxygen atoms in total. The summed E-state index contributed by atoms with van der Waals surface area (Å²) < 4.78 is 2.12. The van der Waals surface area contributed by atoms with Gasteiger partial charge in [-0.25, -0.2) is 4.98 Å². The summed E-state index contributed by atoms with van der Waals surface area (Å²) in [4.78, 5) is 6.43. The van der Waals surface area contributed by atoms with Crippen LogP contribution in [0.4, 0.5) is 5.95 Å². The van der Waals surface area contributed by atoms with Gasteiger partial charge in [-0.3, -0.25) is 0 Å². The highest BCUT2D eigenvalue weighted by molar-refractivity contribution is 5.30. The van der Waals surface area contributed by atoms with E-state index in [1.54, 1.807) is 0 Å². The molecule has 1 aliphatic rings. The number of aliphatic hydroxyl groups excluding tert-OH is 1. The third kappa shape index (κ3) is 3.70. The summed E-state index contributed by atoms with van der Waals surface area (Å²) in [6.07, 6.45) is 6.08. The molecule has 19 heavy (non-hydrogen) atoms. The Morgan fingerprint density at radius 1 is 1.37 bits per heavy atom. The lowest BCUT2D eigenvalue weighted by Gasteiger charge is -2.25. The molecule has 2 N–H and O–H groups in total. The summed E-state index contributed by atoms with van der Waals surface area (Å²) in [5, 5.41) is 13.0. The molecule has 0 saturated heterocycles. The molecule has 108 valence electrons. The zero-order valence-electron chi connectivity index (χ0n) is 12.3. The van der Waals surface area contributed by atoms with E-state index in [1.807, 2.05) is 25.2 Å². The van der Waals surface area contributed by atoms with Gasteiger partial charge in [-0.15, -0.1) is 0 Å². The van der Waals surface area contributed by atoms with Crippen molar-refractivity contribution in [1.29, 1.82) is 0 Å². The molecule has 0 atom stereocenters. The number of anilines is 1. The lowest BCUT2D eigenvalue weighted by molar-refractivity contribution is 0.108. The number of nitrogens with one attached hydrogen (secondary N) is 1. The highest BCUT2D eigenvalue weighted by atomic mass is 16.3. The van der Waals surface area contributed by atoms with E-state index in [-0.39, 0.29) is 6.10 Å². The van der Waals surface area contributed by atoms with Crippen LogP contribution in [0.2, 0.25) is 0 Å². The number of hydrogen-bond acceptors (Lipinski definition) is 4. The van der Waals surface area contributed by atoms with Gasteiger partial charge in [0.05, 0.1) is 18.0 Å². The molecule has 0 radical (unpaired) electrons. The Hall–Kier alpha value is -1.07. The van der Waals surface area contributed by atoms with Crippen LogP contribution in [0.15, 0.2) is 6.20 Å². The Morgan fingerprint density at radius 3 is 2.63 bits per heavy atom. The molecule has 0 unspecified atom stereocenters. The van der Waals surface area contributed by atoms with Crippen LogP contribution in [0, 0.1) is 5.92 Å². The van der Waals surface area contributed by atoms with E-state index in [0.717, 1.165) is 44.7 Å². The number of aliphatic hydroxyl groups is 1. The predicted molar refractivity (Wildman–Crippen MR) is 77.2 cm³/mol. The molecule has 0 bridgehead atoms. The summed E-state index contributed by atoms with van der Waals surface area (Å²) in [6.45, 7) is 1.89. The van der Waals surface area contributed by atoms with Gasteiger partial charge in [0.2, 0.25) is 5.95 Å². The second-order valence-electron chi connectivity index (χ2n) is 5.81. The lowest BCUT2D eigenvalue weighted by Crippen LogP contribution is -2.28. The molecular formula is C14H26N4O. The van der Waals surface area contributed by atoms with Crippen molar-refractivity contribution in [2.75, 3.05) is 25.5 Å². The van der Waals surface area contributed by atoms with Crippen molar-refractivity contribution in [3.8, 4) is 0 Å². The highest BCUT2D eigenvalue weighted by Gasteiger charge is 2.19. The number of rotatable bonds is 5. The summed E-state index contributed by atoms with van der Waals surface area (Å²) in [6, 6.07) is 0. The lowest BCUT2D eigenvalue weighted by atomic mass is 9.87. The molecule has 2 rings (SSSR count). The van der Waals surface area contributed by atoms with E-state index in [4.69, 9.17) is 0 Å². The summed E-state index contributed by atoms with van der Waals surface area (Å²) in [5.41, 5.74) is 1.21. The van der Waals surface area contributed by atoms with Crippen LogP contribution in [-0.2, 0) is 13.6 Å². The second kappa shape index (κ2) is 6.39. The van der Waals surface area contributed by atoms with Crippen molar-refractivity contribution < 1.29 is 5.11 Å². The van der Waals surface area contributed by atoms with Crippen molar-refractivity contribution >= 4 is 5.95 Å². The third-order valence-electron chi connectivity index (χ3n) is 4.02. The normalized spacial score (nSPS) is 23.6. The number of imidazole rings is 1. The van der Waals surface area contributed by atoms with Gasteiger partial charge >= 0.3 is 0 Å². The van der Waals surface area contributed by atoms with Crippen molar-refractivity contribution in [2.45, 2.75) is 38.3 Å². The zero-order valence-corrected chi connectivity index (χ0v) is 12.3. The summed E-state index contributed by atoms with van der Waals surface area (Å²) in [5.74, 6) is 1.70. The number of nitrogens with zero attached hydrogens (tertiary/aromatic N) is 3. The summed E-state index contributed by atoms with van der Waals surface area (Å²) in [7, 11) is 6.07. The quantitative estimate of drug-likeness (QED) is 0.839. The Kier molecular flexibility index (Phi) is 4.82. The molecule has 0 amide bonds. The van der Waals surface area contributed by atoms with Gasteiger partial charge < -0.3 is 19.9 Å². The fourth-order valence-corrected chi connectivity index (χ4v) is 2.77. The first kappa shape index (κ1) is 14.3. The van der Waals surface area contributed by atoms with Crippen molar-refractivity contribution in [3.05, 3.63) is 11.9 Å². The van der Waals surface area contributed by atoms with Gasteiger partial charge in [0.1, 0.15) is 0 Å². The molecule has 0 aliphatic heterocycles. The molecular weight excluding hydrogens is 240 g/mol. The van der Waals surface area contributed by atoms with Crippen molar-refractivity contribution in [2.24, 2.45) is 13.0 Å². The van der Waals surface area contributed by atoms with Crippen LogP contribution >= 0.6 is 0 Å². The zero-order chi connectivity index (χ0) is 13.8. The minimum absolute atomic E-state index is 0.0593. The fourth-order valence-electron chi connectivity index (χ4n) is 2.77. The Labute approximate surface area is 115 Å². The first-order valence-corrected chi connectivity index (χ1v) is 7.14. The van der Waals surface area contributed by atoms with Gasteiger partial charge in [0.15, 0.2) is 0 Å². The topological polar surface area (TPSA) is 53.3 Å². The van der Waals surface area contributed by atoms with E-state index >= 15 is 0 Å². The maximum atomic E-state index is 9.48. The SMILES string of the molecule is CN(C)c1ncc(CNCC2CCC(O)CC2)n1C. The minimum atomic E-state index is -0.0593. The molecule has 1 aromatic rings. The predicted octanol–water partition coefficient (Wildman–Crippen LogP) is 1.13. The molecule has 5 heteroatoms. The van der Waals surface area contributed by atoms with E-state index in [0.29, 0.717) is 5.92 Å². The van der Waals surface area contributed by atoms with Crippen LogP contribution in [-0.4, -0.2) is 41.4 Å². The number of aromatic nitrogens is 2. The van der Waals surface area contributed by atoms with Gasteiger partial charge in [-0.2, -0.15) is 0 Å². The Balaban J connectivity index is 1.77. The molecule has 1 aromatic heterocycles. The Bertz CT molecular complexity index is 394. The maximum absolute atomic E-state index is 9.48. The van der Waals surface area contributed by atoms with Gasteiger partial charge in [-0.05, 0) is 38.1 Å². The van der Waals surface area contributed by atoms with Crippen molar-refractivity contribution in [1.82, 2.24) is 14.9 Å². The molecule has 1 fully saturated rings. The average Bonchev–Trinajstić information content (AvgIpc) is 2.74. The Morgan fingerprint density at radius 2 is 2.05 bits per heavy atom. The molecule has 1 aliphatic carbocycles. The van der Waals surface area contributed by atoms with E-state index in [2.05, 4.69) is 21.9 Å². The van der Waals surface area contributed by atoms with E-state index < -0.39 is 0 Å². The van der Waals surface area contributed by atoms with Crippen LogP contribution in [0.1, 0.15) is 31.4 Å². The first-order valence-electron chi connectivity index (χ1n) is 7.14. The van der Waals surface area contributed by atoms with E-state index in [1.165, 1.54) is 5.69 Å². The first-order chi connectivity index (χ1) is 9.08. The molecule has 0 aromatic carbocycles. The maximum Gasteiger partial charge on any atom is 0.204 e. The van der Waals surface area contributed by atoms with Gasteiger partial charge in [0.25, 0.3) is 0 Å². The van der Waals surface area contributed by atoms with E-state index in [9.17, 15) is 5.11 Å². The van der Waals surface area contributed by atoms with Crippen LogP contribution in [0.25, 0.3) is 0 Å². The number of hydrogen-bond donors (Lipinski definition) is 2. The fraction of sp³-hybridized carbons (Fsp3) is 0.786. The molecule has 1 saturated carbocycles. The standard InChI is InChI=1S/C14H26N4O/c1-17(2)14-16-10-12(18(14)3)9-15-8-11-4-6-13(19)7-5-11/h10-11,13,15,19H,4-9H2,1-3H3. The van der Waals surface area contributed by atoms with Crippen molar-refractivity contribution in [3.63, 3.8) is 0 Å². The third-order valence-corrected chi connectivity index (χ3v) is 4.02. The van der Waals surface area contributed by atoms with Gasteiger partial charge in [-0.1, -0.05) is 0 Å². The monoisotopic (exact) mass is 266 g/mol. The molecule has 0 spiro atoms.